The Morgan fingerprint density at radius 2 is 2.44 bits per heavy atom. The average molecular weight is 222 g/mol. The maximum atomic E-state index is 10.6. The molecule has 0 saturated carbocycles. The summed E-state index contributed by atoms with van der Waals surface area (Å²) in [5.74, 6) is 0.558. The third kappa shape index (κ3) is 2.70. The van der Waals surface area contributed by atoms with E-state index in [0.717, 1.165) is 13.0 Å². The molecule has 1 aliphatic heterocycles. The van der Waals surface area contributed by atoms with Crippen LogP contribution in [0.3, 0.4) is 0 Å². The smallest absolute Gasteiger partial charge is 0.273 e. The summed E-state index contributed by atoms with van der Waals surface area (Å²) in [4.78, 5) is 10.1. The number of nitro benzene ring substituents is 1. The number of rotatable bonds is 4. The van der Waals surface area contributed by atoms with Crippen molar-refractivity contribution < 1.29 is 9.66 Å². The second-order valence-electron chi connectivity index (χ2n) is 3.86. The molecule has 1 unspecified atom stereocenters. The van der Waals surface area contributed by atoms with E-state index in [2.05, 4.69) is 5.32 Å². The van der Waals surface area contributed by atoms with Gasteiger partial charge >= 0.3 is 0 Å². The molecule has 1 fully saturated rings. The summed E-state index contributed by atoms with van der Waals surface area (Å²) in [7, 11) is 0. The fraction of sp³-hybridized carbons (Fsp3) is 0.455. The van der Waals surface area contributed by atoms with Crippen molar-refractivity contribution in [3.63, 3.8) is 0 Å². The lowest BCUT2D eigenvalue weighted by molar-refractivity contribution is -0.384. The molecule has 0 aliphatic carbocycles. The molecule has 0 spiro atoms. The number of ether oxygens (including phenoxy) is 1. The standard InChI is InChI=1S/C11H14N2O3/c14-13(15)10-4-1-5-11(7-10)16-8-9-3-2-6-12-9/h1,4-5,7,9,12H,2-3,6,8H2. The van der Waals surface area contributed by atoms with E-state index in [1.165, 1.54) is 18.6 Å². The summed E-state index contributed by atoms with van der Waals surface area (Å²) in [5, 5.41) is 13.9. The van der Waals surface area contributed by atoms with Gasteiger partial charge in [-0.2, -0.15) is 0 Å². The molecule has 1 atom stereocenters. The molecule has 1 aliphatic rings. The normalized spacial score (nSPS) is 19.6. The third-order valence-corrected chi connectivity index (χ3v) is 2.64. The van der Waals surface area contributed by atoms with Crippen LogP contribution in [0.25, 0.3) is 0 Å². The van der Waals surface area contributed by atoms with Crippen LogP contribution < -0.4 is 10.1 Å². The van der Waals surface area contributed by atoms with E-state index in [9.17, 15) is 10.1 Å². The number of hydrogen-bond acceptors (Lipinski definition) is 4. The van der Waals surface area contributed by atoms with E-state index < -0.39 is 4.92 Å². The molecule has 0 aromatic heterocycles. The minimum atomic E-state index is -0.416. The first-order chi connectivity index (χ1) is 7.75. The quantitative estimate of drug-likeness (QED) is 0.622. The minimum absolute atomic E-state index is 0.0666. The fourth-order valence-electron chi connectivity index (χ4n) is 1.78. The molecular formula is C11H14N2O3. The number of benzene rings is 1. The molecule has 16 heavy (non-hydrogen) atoms. The molecule has 5 nitrogen and oxygen atoms in total. The first-order valence-electron chi connectivity index (χ1n) is 5.36. The topological polar surface area (TPSA) is 64.4 Å². The van der Waals surface area contributed by atoms with Gasteiger partial charge in [0.15, 0.2) is 0 Å². The number of nitro groups is 1. The van der Waals surface area contributed by atoms with Crippen LogP contribution in [-0.2, 0) is 0 Å². The molecule has 1 aromatic rings. The summed E-state index contributed by atoms with van der Waals surface area (Å²) < 4.78 is 5.51. The Bertz CT molecular complexity index is 375. The Morgan fingerprint density at radius 1 is 1.56 bits per heavy atom. The largest absolute Gasteiger partial charge is 0.492 e. The summed E-state index contributed by atoms with van der Waals surface area (Å²) >= 11 is 0. The predicted octanol–water partition coefficient (Wildman–Crippen LogP) is 1.73. The van der Waals surface area contributed by atoms with Gasteiger partial charge in [0.25, 0.3) is 5.69 Å². The first-order valence-corrected chi connectivity index (χ1v) is 5.36. The number of nitrogens with one attached hydrogen (secondary N) is 1. The van der Waals surface area contributed by atoms with Crippen LogP contribution >= 0.6 is 0 Å². The lowest BCUT2D eigenvalue weighted by atomic mass is 10.2. The number of hydrogen-bond donors (Lipinski definition) is 1. The van der Waals surface area contributed by atoms with Gasteiger partial charge in [0.05, 0.1) is 11.0 Å². The molecule has 0 radical (unpaired) electrons. The lowest BCUT2D eigenvalue weighted by Gasteiger charge is -2.11. The van der Waals surface area contributed by atoms with Crippen molar-refractivity contribution in [3.05, 3.63) is 34.4 Å². The second-order valence-corrected chi connectivity index (χ2v) is 3.86. The molecule has 86 valence electrons. The summed E-state index contributed by atoms with van der Waals surface area (Å²) in [5.41, 5.74) is 0.0666. The Morgan fingerprint density at radius 3 is 3.12 bits per heavy atom. The van der Waals surface area contributed by atoms with Crippen LogP contribution in [0.1, 0.15) is 12.8 Å². The van der Waals surface area contributed by atoms with Gasteiger partial charge in [-0.1, -0.05) is 6.07 Å². The zero-order valence-electron chi connectivity index (χ0n) is 8.89. The van der Waals surface area contributed by atoms with Gasteiger partial charge in [-0.25, -0.2) is 0 Å². The monoisotopic (exact) mass is 222 g/mol. The molecular weight excluding hydrogens is 208 g/mol. The van der Waals surface area contributed by atoms with Crippen molar-refractivity contribution in [3.8, 4) is 5.75 Å². The van der Waals surface area contributed by atoms with Crippen molar-refractivity contribution in [2.24, 2.45) is 0 Å². The Kier molecular flexibility index (Phi) is 3.36. The molecule has 1 N–H and O–H groups in total. The van der Waals surface area contributed by atoms with Crippen molar-refractivity contribution in [2.45, 2.75) is 18.9 Å². The minimum Gasteiger partial charge on any atom is -0.492 e. The molecule has 1 aromatic carbocycles. The predicted molar refractivity (Wildman–Crippen MR) is 59.6 cm³/mol. The van der Waals surface area contributed by atoms with Gasteiger partial charge in [-0.15, -0.1) is 0 Å². The van der Waals surface area contributed by atoms with Crippen molar-refractivity contribution in [2.75, 3.05) is 13.2 Å². The first kappa shape index (κ1) is 10.9. The highest BCUT2D eigenvalue weighted by molar-refractivity contribution is 5.37. The van der Waals surface area contributed by atoms with Crippen molar-refractivity contribution in [1.82, 2.24) is 5.32 Å². The SMILES string of the molecule is O=[N+]([O-])c1cccc(OCC2CCCN2)c1. The van der Waals surface area contributed by atoms with E-state index in [1.807, 2.05) is 0 Å². The molecule has 0 bridgehead atoms. The average Bonchev–Trinajstić information content (AvgIpc) is 2.79. The van der Waals surface area contributed by atoms with Crippen LogP contribution in [0.5, 0.6) is 5.75 Å². The van der Waals surface area contributed by atoms with Crippen LogP contribution in [0, 0.1) is 10.1 Å². The number of nitrogens with zero attached hydrogens (tertiary/aromatic N) is 1. The van der Waals surface area contributed by atoms with Gasteiger partial charge in [0.2, 0.25) is 0 Å². The Hall–Kier alpha value is -1.62. The highest BCUT2D eigenvalue weighted by Gasteiger charge is 2.15. The van der Waals surface area contributed by atoms with Gasteiger partial charge < -0.3 is 10.1 Å². The summed E-state index contributed by atoms with van der Waals surface area (Å²) in [6, 6.07) is 6.66. The molecule has 0 amide bonds. The Labute approximate surface area is 93.6 Å². The summed E-state index contributed by atoms with van der Waals surface area (Å²) in [6.07, 6.45) is 2.28. The third-order valence-electron chi connectivity index (χ3n) is 2.64. The van der Waals surface area contributed by atoms with E-state index in [0.29, 0.717) is 18.4 Å². The van der Waals surface area contributed by atoms with Crippen LogP contribution in [0.2, 0.25) is 0 Å². The maximum Gasteiger partial charge on any atom is 0.273 e. The van der Waals surface area contributed by atoms with Crippen LogP contribution in [0.4, 0.5) is 5.69 Å². The van der Waals surface area contributed by atoms with Crippen LogP contribution in [0.15, 0.2) is 24.3 Å². The van der Waals surface area contributed by atoms with Crippen molar-refractivity contribution >= 4 is 5.69 Å². The maximum absolute atomic E-state index is 10.6. The fourth-order valence-corrected chi connectivity index (χ4v) is 1.78. The molecule has 2 rings (SSSR count). The number of non-ortho nitro benzene ring substituents is 1. The van der Waals surface area contributed by atoms with Gasteiger partial charge in [0.1, 0.15) is 12.4 Å². The van der Waals surface area contributed by atoms with Crippen molar-refractivity contribution in [1.29, 1.82) is 0 Å². The van der Waals surface area contributed by atoms with E-state index >= 15 is 0 Å². The second kappa shape index (κ2) is 4.94. The van der Waals surface area contributed by atoms with Crippen LogP contribution in [-0.4, -0.2) is 24.1 Å². The summed E-state index contributed by atoms with van der Waals surface area (Å²) in [6.45, 7) is 1.60. The lowest BCUT2D eigenvalue weighted by Crippen LogP contribution is -2.28. The molecule has 1 heterocycles. The van der Waals surface area contributed by atoms with E-state index in [-0.39, 0.29) is 5.69 Å². The molecule has 5 heteroatoms. The molecule has 1 saturated heterocycles. The van der Waals surface area contributed by atoms with E-state index in [1.54, 1.807) is 12.1 Å². The van der Waals surface area contributed by atoms with E-state index in [4.69, 9.17) is 4.74 Å². The highest BCUT2D eigenvalue weighted by Crippen LogP contribution is 2.19. The zero-order chi connectivity index (χ0) is 11.4. The Balaban J connectivity index is 1.93. The highest BCUT2D eigenvalue weighted by atomic mass is 16.6. The van der Waals surface area contributed by atoms with Gasteiger partial charge in [-0.05, 0) is 25.5 Å². The van der Waals surface area contributed by atoms with Gasteiger partial charge in [0, 0.05) is 12.1 Å². The van der Waals surface area contributed by atoms with Gasteiger partial charge in [-0.3, -0.25) is 10.1 Å². The zero-order valence-corrected chi connectivity index (χ0v) is 8.89.